The number of esters is 2. The van der Waals surface area contributed by atoms with Gasteiger partial charge >= 0.3 is 11.9 Å². The van der Waals surface area contributed by atoms with E-state index in [1.165, 1.54) is 18.2 Å². The fourth-order valence-corrected chi connectivity index (χ4v) is 4.55. The average molecular weight is 454 g/mol. The molecule has 0 bridgehead atoms. The maximum Gasteiger partial charge on any atom is 0.337 e. The zero-order valence-corrected chi connectivity index (χ0v) is 20.0. The Labute approximate surface area is 196 Å². The lowest BCUT2D eigenvalue weighted by Gasteiger charge is -2.36. The van der Waals surface area contributed by atoms with Crippen molar-refractivity contribution in [2.24, 2.45) is 0 Å². The molecule has 2 aromatic carbocycles. The number of unbranched alkanes of at least 4 members (excludes halogenated alkanes) is 1. The van der Waals surface area contributed by atoms with Crippen molar-refractivity contribution in [1.82, 2.24) is 4.90 Å². The van der Waals surface area contributed by atoms with Crippen LogP contribution >= 0.6 is 0 Å². The van der Waals surface area contributed by atoms with Gasteiger partial charge in [0, 0.05) is 19.0 Å². The lowest BCUT2D eigenvalue weighted by molar-refractivity contribution is -0.143. The number of carbonyl (C=O) groups is 2. The zero-order valence-electron chi connectivity index (χ0n) is 20.0. The maximum absolute atomic E-state index is 11.8. The maximum atomic E-state index is 11.8. The largest absolute Gasteiger partial charge is 0.496 e. The van der Waals surface area contributed by atoms with E-state index in [9.17, 15) is 9.59 Å². The quantitative estimate of drug-likeness (QED) is 0.367. The van der Waals surface area contributed by atoms with Crippen LogP contribution in [0.2, 0.25) is 0 Å². The first-order valence-electron chi connectivity index (χ1n) is 11.8. The molecule has 33 heavy (non-hydrogen) atoms. The van der Waals surface area contributed by atoms with Crippen LogP contribution < -0.4 is 4.74 Å². The molecule has 1 atom stereocenters. The van der Waals surface area contributed by atoms with Gasteiger partial charge in [-0.05, 0) is 80.5 Å². The molecule has 3 rings (SSSR count). The molecule has 0 heterocycles. The molecular formula is C27H35NO5. The fraction of sp³-hybridized carbons (Fsp3) is 0.481. The Morgan fingerprint density at radius 1 is 1.06 bits per heavy atom. The van der Waals surface area contributed by atoms with Crippen LogP contribution in [-0.4, -0.2) is 50.3 Å². The van der Waals surface area contributed by atoms with Crippen LogP contribution in [0, 0.1) is 0 Å². The third-order valence-corrected chi connectivity index (χ3v) is 6.30. The fourth-order valence-electron chi connectivity index (χ4n) is 4.55. The highest BCUT2D eigenvalue weighted by molar-refractivity contribution is 5.89. The Balaban J connectivity index is 1.71. The van der Waals surface area contributed by atoms with Gasteiger partial charge in [0.15, 0.2) is 0 Å². The summed E-state index contributed by atoms with van der Waals surface area (Å²) in [5.74, 6) is 0.508. The van der Waals surface area contributed by atoms with Gasteiger partial charge in [-0.25, -0.2) is 4.79 Å². The van der Waals surface area contributed by atoms with Crippen LogP contribution in [0.4, 0.5) is 0 Å². The van der Waals surface area contributed by atoms with E-state index in [-0.39, 0.29) is 11.9 Å². The zero-order chi connectivity index (χ0) is 23.6. The molecule has 2 aromatic rings. The second-order valence-electron chi connectivity index (χ2n) is 8.42. The number of hydrogen-bond acceptors (Lipinski definition) is 6. The van der Waals surface area contributed by atoms with Crippen LogP contribution in [0.5, 0.6) is 5.75 Å². The number of carbonyl (C=O) groups excluding carboxylic acids is 2. The highest BCUT2D eigenvalue weighted by Gasteiger charge is 2.26. The number of hydrogen-bond donors (Lipinski definition) is 0. The van der Waals surface area contributed by atoms with E-state index < -0.39 is 0 Å². The van der Waals surface area contributed by atoms with Crippen LogP contribution in [0.3, 0.4) is 0 Å². The molecule has 0 N–H and O–H groups in total. The first kappa shape index (κ1) is 24.8. The van der Waals surface area contributed by atoms with Crippen molar-refractivity contribution in [3.63, 3.8) is 0 Å². The molecular weight excluding hydrogens is 418 g/mol. The minimum Gasteiger partial charge on any atom is -0.496 e. The molecule has 0 aliphatic heterocycles. The van der Waals surface area contributed by atoms with Crippen LogP contribution in [0.15, 0.2) is 42.5 Å². The van der Waals surface area contributed by atoms with E-state index >= 15 is 0 Å². The van der Waals surface area contributed by atoms with Gasteiger partial charge in [0.05, 0.1) is 26.4 Å². The SMILES string of the molecule is CCOC(=O)CCCCN(Cc1ccc(C(=O)OC)cc1)C1CCc2cccc(OC)c2C1. The summed E-state index contributed by atoms with van der Waals surface area (Å²) >= 11 is 0. The number of methoxy groups -OCH3 is 2. The van der Waals surface area contributed by atoms with Crippen molar-refractivity contribution in [2.75, 3.05) is 27.4 Å². The van der Waals surface area contributed by atoms with Crippen molar-refractivity contribution in [2.45, 2.75) is 58.0 Å². The van der Waals surface area contributed by atoms with Crippen LogP contribution in [-0.2, 0) is 33.7 Å². The Hall–Kier alpha value is -2.86. The van der Waals surface area contributed by atoms with Crippen LogP contribution in [0.1, 0.15) is 59.7 Å². The molecule has 1 aliphatic rings. The van der Waals surface area contributed by atoms with Gasteiger partial charge in [-0.1, -0.05) is 24.3 Å². The molecule has 0 aromatic heterocycles. The van der Waals surface area contributed by atoms with Gasteiger partial charge in [-0.15, -0.1) is 0 Å². The standard InChI is InChI=1S/C27H35NO5/c1-4-33-26(29)10-5-6-17-28(19-20-11-13-22(14-12-20)27(30)32-3)23-16-15-21-8-7-9-25(31-2)24(21)18-23/h7-9,11-14,23H,4-6,10,15-19H2,1-3H3. The summed E-state index contributed by atoms with van der Waals surface area (Å²) in [4.78, 5) is 26.0. The highest BCUT2D eigenvalue weighted by atomic mass is 16.5. The summed E-state index contributed by atoms with van der Waals surface area (Å²) in [6.45, 7) is 3.94. The Morgan fingerprint density at radius 2 is 1.85 bits per heavy atom. The van der Waals surface area contributed by atoms with Crippen molar-refractivity contribution in [3.05, 3.63) is 64.7 Å². The Morgan fingerprint density at radius 3 is 2.55 bits per heavy atom. The van der Waals surface area contributed by atoms with Gasteiger partial charge < -0.3 is 14.2 Å². The summed E-state index contributed by atoms with van der Waals surface area (Å²) in [5.41, 5.74) is 4.38. The number of benzene rings is 2. The minimum absolute atomic E-state index is 0.126. The monoisotopic (exact) mass is 453 g/mol. The predicted octanol–water partition coefficient (Wildman–Crippen LogP) is 4.57. The van der Waals surface area contributed by atoms with E-state index in [0.717, 1.165) is 56.5 Å². The number of rotatable bonds is 11. The van der Waals surface area contributed by atoms with Crippen molar-refractivity contribution in [3.8, 4) is 5.75 Å². The second-order valence-corrected chi connectivity index (χ2v) is 8.42. The Kier molecular flexibility index (Phi) is 9.31. The first-order valence-corrected chi connectivity index (χ1v) is 11.8. The lowest BCUT2D eigenvalue weighted by atomic mass is 9.86. The molecule has 0 radical (unpaired) electrons. The summed E-state index contributed by atoms with van der Waals surface area (Å²) in [7, 11) is 3.12. The molecule has 6 heteroatoms. The number of fused-ring (bicyclic) bond motifs is 1. The van der Waals surface area contributed by atoms with E-state index in [0.29, 0.717) is 24.6 Å². The lowest BCUT2D eigenvalue weighted by Crippen LogP contribution is -2.39. The predicted molar refractivity (Wildman–Crippen MR) is 127 cm³/mol. The normalized spacial score (nSPS) is 15.1. The van der Waals surface area contributed by atoms with Gasteiger partial charge in [-0.2, -0.15) is 0 Å². The summed E-state index contributed by atoms with van der Waals surface area (Å²) < 4.78 is 15.5. The van der Waals surface area contributed by atoms with Crippen molar-refractivity contribution in [1.29, 1.82) is 0 Å². The van der Waals surface area contributed by atoms with E-state index in [2.05, 4.69) is 17.0 Å². The topological polar surface area (TPSA) is 65.1 Å². The minimum atomic E-state index is -0.326. The molecule has 0 saturated carbocycles. The average Bonchev–Trinajstić information content (AvgIpc) is 2.85. The van der Waals surface area contributed by atoms with Gasteiger partial charge in [0.2, 0.25) is 0 Å². The van der Waals surface area contributed by atoms with Gasteiger partial charge in [-0.3, -0.25) is 9.69 Å². The second kappa shape index (κ2) is 12.4. The van der Waals surface area contributed by atoms with Crippen molar-refractivity contribution >= 4 is 11.9 Å². The third kappa shape index (κ3) is 6.81. The van der Waals surface area contributed by atoms with Gasteiger partial charge in [0.1, 0.15) is 5.75 Å². The van der Waals surface area contributed by atoms with E-state index in [1.54, 1.807) is 7.11 Å². The molecule has 0 amide bonds. The molecule has 1 aliphatic carbocycles. The first-order chi connectivity index (χ1) is 16.0. The van der Waals surface area contributed by atoms with E-state index in [4.69, 9.17) is 14.2 Å². The highest BCUT2D eigenvalue weighted by Crippen LogP contribution is 2.32. The molecule has 1 unspecified atom stereocenters. The summed E-state index contributed by atoms with van der Waals surface area (Å²) in [5, 5.41) is 0. The molecule has 0 fully saturated rings. The molecule has 178 valence electrons. The third-order valence-electron chi connectivity index (χ3n) is 6.30. The summed E-state index contributed by atoms with van der Waals surface area (Å²) in [6, 6.07) is 14.3. The van der Waals surface area contributed by atoms with Crippen molar-refractivity contribution < 1.29 is 23.8 Å². The molecule has 0 saturated heterocycles. The smallest absolute Gasteiger partial charge is 0.337 e. The molecule has 6 nitrogen and oxygen atoms in total. The Bertz CT molecular complexity index is 910. The number of aryl methyl sites for hydroxylation is 1. The number of ether oxygens (including phenoxy) is 3. The van der Waals surface area contributed by atoms with E-state index in [1.807, 2.05) is 37.3 Å². The van der Waals surface area contributed by atoms with Crippen LogP contribution in [0.25, 0.3) is 0 Å². The number of nitrogens with zero attached hydrogens (tertiary/aromatic N) is 1. The molecule has 0 spiro atoms. The summed E-state index contributed by atoms with van der Waals surface area (Å²) in [6.07, 6.45) is 5.24. The van der Waals surface area contributed by atoms with Gasteiger partial charge in [0.25, 0.3) is 0 Å².